The minimum atomic E-state index is -1.04. The van der Waals surface area contributed by atoms with Crippen molar-refractivity contribution in [2.75, 3.05) is 0 Å². The van der Waals surface area contributed by atoms with Gasteiger partial charge in [-0.3, -0.25) is 9.59 Å². The minimum absolute atomic E-state index is 0.180. The van der Waals surface area contributed by atoms with Crippen molar-refractivity contribution in [3.63, 3.8) is 0 Å². The van der Waals surface area contributed by atoms with Crippen LogP contribution >= 0.6 is 0 Å². The number of hydrogen-bond acceptors (Lipinski definition) is 3. The van der Waals surface area contributed by atoms with Crippen LogP contribution in [0.3, 0.4) is 0 Å². The van der Waals surface area contributed by atoms with Crippen LogP contribution in [-0.2, 0) is 9.59 Å². The second-order valence-electron chi connectivity index (χ2n) is 3.38. The summed E-state index contributed by atoms with van der Waals surface area (Å²) in [5.74, 6) is -1.34. The van der Waals surface area contributed by atoms with E-state index in [-0.39, 0.29) is 18.4 Å². The zero-order valence-corrected chi connectivity index (χ0v) is 8.62. The first kappa shape index (κ1) is 12.9. The van der Waals surface area contributed by atoms with Crippen LogP contribution in [0.1, 0.15) is 33.1 Å². The average Bonchev–Trinajstić information content (AvgIpc) is 2.03. The molecular formula is C9H18N2O3. The largest absolute Gasteiger partial charge is 0.480 e. The molecule has 0 rings (SSSR count). The SMILES string of the molecule is CCCC(N)CC(=O)N[C@H](C)C(=O)O. The lowest BCUT2D eigenvalue weighted by molar-refractivity contribution is -0.141. The summed E-state index contributed by atoms with van der Waals surface area (Å²) in [6, 6.07) is -1.03. The van der Waals surface area contributed by atoms with Gasteiger partial charge in [0.2, 0.25) is 5.91 Å². The van der Waals surface area contributed by atoms with E-state index in [0.29, 0.717) is 0 Å². The molecular weight excluding hydrogens is 184 g/mol. The van der Waals surface area contributed by atoms with E-state index in [1.807, 2.05) is 6.92 Å². The number of aliphatic carboxylic acids is 1. The molecule has 0 bridgehead atoms. The minimum Gasteiger partial charge on any atom is -0.480 e. The molecule has 5 heteroatoms. The van der Waals surface area contributed by atoms with Crippen molar-refractivity contribution in [2.45, 2.75) is 45.2 Å². The van der Waals surface area contributed by atoms with Crippen molar-refractivity contribution in [1.29, 1.82) is 0 Å². The quantitative estimate of drug-likeness (QED) is 0.569. The Hall–Kier alpha value is -1.10. The summed E-state index contributed by atoms with van der Waals surface area (Å²) in [4.78, 5) is 21.6. The van der Waals surface area contributed by atoms with Crippen LogP contribution in [0.15, 0.2) is 0 Å². The van der Waals surface area contributed by atoms with E-state index in [0.717, 1.165) is 12.8 Å². The van der Waals surface area contributed by atoms with Crippen LogP contribution in [0.25, 0.3) is 0 Å². The van der Waals surface area contributed by atoms with Crippen molar-refractivity contribution >= 4 is 11.9 Å². The monoisotopic (exact) mass is 202 g/mol. The zero-order valence-electron chi connectivity index (χ0n) is 8.62. The molecule has 0 aromatic carbocycles. The maximum absolute atomic E-state index is 11.2. The van der Waals surface area contributed by atoms with Gasteiger partial charge in [-0.15, -0.1) is 0 Å². The van der Waals surface area contributed by atoms with Crippen molar-refractivity contribution in [2.24, 2.45) is 5.73 Å². The van der Waals surface area contributed by atoms with Crippen LogP contribution in [0.2, 0.25) is 0 Å². The maximum atomic E-state index is 11.2. The number of carboxylic acids is 1. The molecule has 1 amide bonds. The van der Waals surface area contributed by atoms with E-state index in [9.17, 15) is 9.59 Å². The second-order valence-corrected chi connectivity index (χ2v) is 3.38. The van der Waals surface area contributed by atoms with E-state index in [4.69, 9.17) is 10.8 Å². The fraction of sp³-hybridized carbons (Fsp3) is 0.778. The Kier molecular flexibility index (Phi) is 5.87. The first-order valence-electron chi connectivity index (χ1n) is 4.75. The number of rotatable bonds is 6. The lowest BCUT2D eigenvalue weighted by atomic mass is 10.1. The fourth-order valence-electron chi connectivity index (χ4n) is 1.07. The van der Waals surface area contributed by atoms with E-state index >= 15 is 0 Å². The molecule has 0 aromatic rings. The van der Waals surface area contributed by atoms with Gasteiger partial charge in [0.25, 0.3) is 0 Å². The molecule has 0 aliphatic rings. The molecule has 2 atom stereocenters. The highest BCUT2D eigenvalue weighted by Crippen LogP contribution is 1.98. The smallest absolute Gasteiger partial charge is 0.325 e. The van der Waals surface area contributed by atoms with Gasteiger partial charge in [0, 0.05) is 12.5 Å². The van der Waals surface area contributed by atoms with Gasteiger partial charge in [-0.2, -0.15) is 0 Å². The van der Waals surface area contributed by atoms with Crippen LogP contribution in [0.4, 0.5) is 0 Å². The molecule has 4 N–H and O–H groups in total. The highest BCUT2D eigenvalue weighted by atomic mass is 16.4. The molecule has 0 heterocycles. The van der Waals surface area contributed by atoms with Crippen molar-refractivity contribution in [3.8, 4) is 0 Å². The average molecular weight is 202 g/mol. The number of carbonyl (C=O) groups excluding carboxylic acids is 1. The van der Waals surface area contributed by atoms with Gasteiger partial charge in [-0.1, -0.05) is 13.3 Å². The Labute approximate surface area is 83.7 Å². The Morgan fingerprint density at radius 1 is 1.50 bits per heavy atom. The molecule has 0 radical (unpaired) electrons. The maximum Gasteiger partial charge on any atom is 0.325 e. The summed E-state index contributed by atoms with van der Waals surface area (Å²) in [6.45, 7) is 3.41. The van der Waals surface area contributed by atoms with Crippen LogP contribution in [0, 0.1) is 0 Å². The third-order valence-electron chi connectivity index (χ3n) is 1.85. The molecule has 0 aliphatic carbocycles. The molecule has 0 aromatic heterocycles. The number of nitrogens with two attached hydrogens (primary N) is 1. The summed E-state index contributed by atoms with van der Waals surface area (Å²) < 4.78 is 0. The molecule has 1 unspecified atom stereocenters. The van der Waals surface area contributed by atoms with Gasteiger partial charge in [0.1, 0.15) is 6.04 Å². The van der Waals surface area contributed by atoms with Crippen LogP contribution < -0.4 is 11.1 Å². The van der Waals surface area contributed by atoms with Crippen molar-refractivity contribution in [1.82, 2.24) is 5.32 Å². The topological polar surface area (TPSA) is 92.4 Å². The van der Waals surface area contributed by atoms with Gasteiger partial charge in [0.05, 0.1) is 0 Å². The van der Waals surface area contributed by atoms with Gasteiger partial charge in [-0.05, 0) is 13.3 Å². The zero-order chi connectivity index (χ0) is 11.1. The summed E-state index contributed by atoms with van der Waals surface area (Å²) in [7, 11) is 0. The molecule has 0 saturated heterocycles. The highest BCUT2D eigenvalue weighted by Gasteiger charge is 2.15. The standard InChI is InChI=1S/C9H18N2O3/c1-3-4-7(10)5-8(12)11-6(2)9(13)14/h6-7H,3-5,10H2,1-2H3,(H,11,12)(H,13,14)/t6-,7?/m1/s1. The van der Waals surface area contributed by atoms with E-state index in [1.165, 1.54) is 6.92 Å². The Bertz CT molecular complexity index is 206. The number of hydrogen-bond donors (Lipinski definition) is 3. The van der Waals surface area contributed by atoms with Gasteiger partial charge < -0.3 is 16.2 Å². The summed E-state index contributed by atoms with van der Waals surface area (Å²) in [5.41, 5.74) is 5.63. The van der Waals surface area contributed by atoms with Crippen molar-refractivity contribution in [3.05, 3.63) is 0 Å². The van der Waals surface area contributed by atoms with Crippen molar-refractivity contribution < 1.29 is 14.7 Å². The second kappa shape index (κ2) is 6.37. The van der Waals surface area contributed by atoms with Gasteiger partial charge in [-0.25, -0.2) is 0 Å². The van der Waals surface area contributed by atoms with Crippen LogP contribution in [-0.4, -0.2) is 29.1 Å². The molecule has 0 saturated carbocycles. The number of amides is 1. The van der Waals surface area contributed by atoms with Gasteiger partial charge in [0.15, 0.2) is 0 Å². The van der Waals surface area contributed by atoms with Gasteiger partial charge >= 0.3 is 5.97 Å². The van der Waals surface area contributed by atoms with E-state index in [1.54, 1.807) is 0 Å². The first-order chi connectivity index (χ1) is 6.47. The Morgan fingerprint density at radius 2 is 2.07 bits per heavy atom. The third-order valence-corrected chi connectivity index (χ3v) is 1.85. The lowest BCUT2D eigenvalue weighted by Gasteiger charge is -2.12. The highest BCUT2D eigenvalue weighted by molar-refractivity contribution is 5.83. The first-order valence-corrected chi connectivity index (χ1v) is 4.75. The molecule has 0 spiro atoms. The molecule has 5 nitrogen and oxygen atoms in total. The summed E-state index contributed by atoms with van der Waals surface area (Å²) in [5, 5.41) is 10.9. The molecule has 0 fully saturated rings. The molecule has 82 valence electrons. The predicted octanol–water partition coefficient (Wildman–Crippen LogP) is 0.0932. The molecule has 14 heavy (non-hydrogen) atoms. The normalized spacial score (nSPS) is 14.5. The van der Waals surface area contributed by atoms with E-state index < -0.39 is 12.0 Å². The number of carboxylic acid groups (broad SMARTS) is 1. The number of carbonyl (C=O) groups is 2. The van der Waals surface area contributed by atoms with E-state index in [2.05, 4.69) is 5.32 Å². The van der Waals surface area contributed by atoms with Crippen LogP contribution in [0.5, 0.6) is 0 Å². The Morgan fingerprint density at radius 3 is 2.50 bits per heavy atom. The summed E-state index contributed by atoms with van der Waals surface area (Å²) in [6.07, 6.45) is 1.88. The lowest BCUT2D eigenvalue weighted by Crippen LogP contribution is -2.40. The number of nitrogens with one attached hydrogen (secondary N) is 1. The third kappa shape index (κ3) is 5.53. The predicted molar refractivity (Wildman–Crippen MR) is 52.7 cm³/mol. The fourth-order valence-corrected chi connectivity index (χ4v) is 1.07. The molecule has 0 aliphatic heterocycles. The Balaban J connectivity index is 3.80. The summed E-state index contributed by atoms with van der Waals surface area (Å²) >= 11 is 0.